The molecule has 2 aromatic heterocycles. The summed E-state index contributed by atoms with van der Waals surface area (Å²) in [5.74, 6) is 0.372. The van der Waals surface area contributed by atoms with E-state index in [1.165, 1.54) is 17.4 Å². The number of rotatable bonds is 6. The number of nitrogens with one attached hydrogen (secondary N) is 2. The van der Waals surface area contributed by atoms with Crippen LogP contribution < -0.4 is 5.32 Å². The standard InChI is InChI=1S/C15H14N6O3S2/c1-20-12(18-19-15(20)25)7-10-8-26-14(16-10)17-13(22)6-9-4-2-3-5-11(9)21(23)24/h2-5,8H,6-7H2,1H3,(H,19,25)(H,16,17,22). The van der Waals surface area contributed by atoms with E-state index in [4.69, 9.17) is 12.2 Å². The Kier molecular flexibility index (Phi) is 5.19. The van der Waals surface area contributed by atoms with E-state index < -0.39 is 4.92 Å². The molecule has 2 heterocycles. The van der Waals surface area contributed by atoms with E-state index in [-0.39, 0.29) is 18.0 Å². The molecule has 0 atom stereocenters. The SMILES string of the molecule is Cn1c(Cc2csc(NC(=O)Cc3ccccc3[N+](=O)[O-])n2)n[nH]c1=S. The fourth-order valence-electron chi connectivity index (χ4n) is 2.32. The van der Waals surface area contributed by atoms with E-state index in [1.54, 1.807) is 22.8 Å². The molecule has 0 radical (unpaired) electrons. The molecule has 11 heteroatoms. The van der Waals surface area contributed by atoms with Gasteiger partial charge in [-0.25, -0.2) is 4.98 Å². The van der Waals surface area contributed by atoms with Gasteiger partial charge in [0.2, 0.25) is 5.91 Å². The summed E-state index contributed by atoms with van der Waals surface area (Å²) in [5, 5.41) is 22.8. The highest BCUT2D eigenvalue weighted by molar-refractivity contribution is 7.71. The number of nitro groups is 1. The quantitative estimate of drug-likeness (QED) is 0.379. The van der Waals surface area contributed by atoms with Crippen molar-refractivity contribution in [3.05, 3.63) is 61.6 Å². The summed E-state index contributed by atoms with van der Waals surface area (Å²) in [4.78, 5) is 27.0. The lowest BCUT2D eigenvalue weighted by molar-refractivity contribution is -0.385. The van der Waals surface area contributed by atoms with Gasteiger partial charge in [-0.2, -0.15) is 5.10 Å². The number of nitro benzene ring substituents is 1. The minimum atomic E-state index is -0.499. The molecular weight excluding hydrogens is 376 g/mol. The third-order valence-corrected chi connectivity index (χ3v) is 4.82. The highest BCUT2D eigenvalue weighted by Gasteiger charge is 2.16. The van der Waals surface area contributed by atoms with Gasteiger partial charge in [0.25, 0.3) is 5.69 Å². The predicted molar refractivity (Wildman–Crippen MR) is 98.7 cm³/mol. The van der Waals surface area contributed by atoms with Gasteiger partial charge < -0.3 is 9.88 Å². The van der Waals surface area contributed by atoms with Crippen molar-refractivity contribution in [3.8, 4) is 0 Å². The zero-order chi connectivity index (χ0) is 18.7. The summed E-state index contributed by atoms with van der Waals surface area (Å²) in [6.45, 7) is 0. The number of anilines is 1. The Morgan fingerprint density at radius 1 is 1.46 bits per heavy atom. The molecule has 3 aromatic rings. The molecule has 0 bridgehead atoms. The van der Waals surface area contributed by atoms with E-state index in [1.807, 2.05) is 12.4 Å². The third kappa shape index (κ3) is 4.00. The smallest absolute Gasteiger partial charge is 0.273 e. The first-order chi connectivity index (χ1) is 12.4. The number of aromatic amines is 1. The van der Waals surface area contributed by atoms with Gasteiger partial charge in [0.1, 0.15) is 5.82 Å². The number of carbonyl (C=O) groups is 1. The predicted octanol–water partition coefficient (Wildman–Crippen LogP) is 2.61. The summed E-state index contributed by atoms with van der Waals surface area (Å²) >= 11 is 6.35. The zero-order valence-corrected chi connectivity index (χ0v) is 15.3. The number of hydrogen-bond acceptors (Lipinski definition) is 7. The van der Waals surface area contributed by atoms with Crippen LogP contribution in [0.3, 0.4) is 0 Å². The first-order valence-corrected chi connectivity index (χ1v) is 8.79. The Morgan fingerprint density at radius 2 is 2.23 bits per heavy atom. The fraction of sp³-hybridized carbons (Fsp3) is 0.200. The second-order valence-corrected chi connectivity index (χ2v) is 6.68. The second-order valence-electron chi connectivity index (χ2n) is 5.44. The average molecular weight is 390 g/mol. The van der Waals surface area contributed by atoms with Crippen LogP contribution in [-0.2, 0) is 24.7 Å². The Bertz CT molecular complexity index is 1020. The molecule has 0 aliphatic carbocycles. The van der Waals surface area contributed by atoms with Crippen LogP contribution >= 0.6 is 23.6 Å². The van der Waals surface area contributed by atoms with Crippen LogP contribution in [0.4, 0.5) is 10.8 Å². The van der Waals surface area contributed by atoms with Gasteiger partial charge in [-0.05, 0) is 12.2 Å². The van der Waals surface area contributed by atoms with Crippen LogP contribution in [0.15, 0.2) is 29.6 Å². The number of thiazole rings is 1. The summed E-state index contributed by atoms with van der Waals surface area (Å²) in [7, 11) is 1.81. The van der Waals surface area contributed by atoms with Crippen molar-refractivity contribution >= 4 is 40.3 Å². The maximum Gasteiger partial charge on any atom is 0.273 e. The third-order valence-electron chi connectivity index (χ3n) is 3.65. The van der Waals surface area contributed by atoms with Crippen molar-refractivity contribution in [2.24, 2.45) is 7.05 Å². The van der Waals surface area contributed by atoms with Gasteiger partial charge in [0.15, 0.2) is 9.90 Å². The number of para-hydroxylation sites is 1. The lowest BCUT2D eigenvalue weighted by Crippen LogP contribution is -2.15. The molecule has 0 aliphatic heterocycles. The van der Waals surface area contributed by atoms with Gasteiger partial charge >= 0.3 is 0 Å². The maximum absolute atomic E-state index is 12.2. The van der Waals surface area contributed by atoms with Crippen molar-refractivity contribution in [3.63, 3.8) is 0 Å². The van der Waals surface area contributed by atoms with Crippen molar-refractivity contribution in [1.29, 1.82) is 0 Å². The summed E-state index contributed by atoms with van der Waals surface area (Å²) in [6.07, 6.45) is 0.375. The first-order valence-electron chi connectivity index (χ1n) is 7.51. The number of nitrogens with zero attached hydrogens (tertiary/aromatic N) is 4. The minimum Gasteiger partial charge on any atom is -0.307 e. The Labute approximate surface area is 156 Å². The molecule has 0 aliphatic rings. The van der Waals surface area contributed by atoms with Gasteiger partial charge in [-0.3, -0.25) is 20.0 Å². The molecule has 2 N–H and O–H groups in total. The summed E-state index contributed by atoms with van der Waals surface area (Å²) in [6, 6.07) is 6.17. The van der Waals surface area contributed by atoms with Crippen LogP contribution in [0.25, 0.3) is 0 Å². The highest BCUT2D eigenvalue weighted by atomic mass is 32.1. The summed E-state index contributed by atoms with van der Waals surface area (Å²) < 4.78 is 2.27. The topological polar surface area (TPSA) is 119 Å². The van der Waals surface area contributed by atoms with E-state index >= 15 is 0 Å². The lowest BCUT2D eigenvalue weighted by Gasteiger charge is -2.03. The number of H-pyrrole nitrogens is 1. The molecule has 134 valence electrons. The van der Waals surface area contributed by atoms with Gasteiger partial charge in [0.05, 0.1) is 23.5 Å². The number of benzene rings is 1. The Hall–Kier alpha value is -2.92. The van der Waals surface area contributed by atoms with Gasteiger partial charge in [-0.15, -0.1) is 11.3 Å². The number of hydrogen-bond donors (Lipinski definition) is 2. The molecule has 0 unspecified atom stereocenters. The Balaban J connectivity index is 1.66. The molecule has 0 fully saturated rings. The molecule has 1 aromatic carbocycles. The van der Waals surface area contributed by atoms with Crippen molar-refractivity contribution in [2.45, 2.75) is 12.8 Å². The average Bonchev–Trinajstić information content (AvgIpc) is 3.16. The number of carbonyl (C=O) groups excluding carboxylic acids is 1. The Morgan fingerprint density at radius 3 is 2.92 bits per heavy atom. The van der Waals surface area contributed by atoms with E-state index in [0.29, 0.717) is 21.9 Å². The van der Waals surface area contributed by atoms with Crippen LogP contribution in [0, 0.1) is 14.9 Å². The summed E-state index contributed by atoms with van der Waals surface area (Å²) in [5.41, 5.74) is 1.02. The van der Waals surface area contributed by atoms with Crippen molar-refractivity contribution < 1.29 is 9.72 Å². The van der Waals surface area contributed by atoms with Crippen molar-refractivity contribution in [1.82, 2.24) is 19.7 Å². The molecule has 9 nitrogen and oxygen atoms in total. The molecule has 1 amide bonds. The lowest BCUT2D eigenvalue weighted by atomic mass is 10.1. The van der Waals surface area contributed by atoms with E-state index in [0.717, 1.165) is 11.5 Å². The molecule has 0 saturated heterocycles. The zero-order valence-electron chi connectivity index (χ0n) is 13.6. The fourth-order valence-corrected chi connectivity index (χ4v) is 3.20. The monoisotopic (exact) mass is 390 g/mol. The van der Waals surface area contributed by atoms with E-state index in [9.17, 15) is 14.9 Å². The highest BCUT2D eigenvalue weighted by Crippen LogP contribution is 2.20. The van der Waals surface area contributed by atoms with Crippen LogP contribution in [0.1, 0.15) is 17.1 Å². The molecule has 26 heavy (non-hydrogen) atoms. The second kappa shape index (κ2) is 7.54. The van der Waals surface area contributed by atoms with Gasteiger partial charge in [0, 0.05) is 24.1 Å². The molecule has 0 spiro atoms. The van der Waals surface area contributed by atoms with Gasteiger partial charge in [-0.1, -0.05) is 18.2 Å². The van der Waals surface area contributed by atoms with E-state index in [2.05, 4.69) is 20.5 Å². The molecular formula is C15H14N6O3S2. The molecule has 0 saturated carbocycles. The van der Waals surface area contributed by atoms with Crippen LogP contribution in [0.5, 0.6) is 0 Å². The van der Waals surface area contributed by atoms with Crippen LogP contribution in [-0.4, -0.2) is 30.6 Å². The number of amides is 1. The number of aromatic nitrogens is 4. The largest absolute Gasteiger partial charge is 0.307 e. The van der Waals surface area contributed by atoms with Crippen molar-refractivity contribution in [2.75, 3.05) is 5.32 Å². The molecule has 3 rings (SSSR count). The minimum absolute atomic E-state index is 0.0757. The first kappa shape index (κ1) is 17.9. The van der Waals surface area contributed by atoms with Crippen LogP contribution in [0.2, 0.25) is 0 Å². The normalized spacial score (nSPS) is 10.7. The maximum atomic E-state index is 12.2.